The van der Waals surface area contributed by atoms with E-state index in [1.54, 1.807) is 23.1 Å². The van der Waals surface area contributed by atoms with E-state index in [-0.39, 0.29) is 28.8 Å². The third-order valence-electron chi connectivity index (χ3n) is 7.16. The second kappa shape index (κ2) is 10.9. The number of nitro groups is 1. The molecule has 15 heteroatoms. The SMILES string of the molecule is O=C(COc1ccc(Cl)cc1[C@H]1c2sc(=O)[nH]c2SC2C(=O)N(c3ccc([N+](=O)[O-])cc3)C(=O)C21)N1CCOCC1. The van der Waals surface area contributed by atoms with E-state index in [0.29, 0.717) is 52.5 Å². The van der Waals surface area contributed by atoms with Crippen molar-refractivity contribution >= 4 is 63.8 Å². The van der Waals surface area contributed by atoms with Crippen LogP contribution < -0.4 is 14.5 Å². The van der Waals surface area contributed by atoms with E-state index >= 15 is 0 Å². The van der Waals surface area contributed by atoms with Crippen LogP contribution in [0.3, 0.4) is 0 Å². The Kier molecular flexibility index (Phi) is 7.32. The topological polar surface area (TPSA) is 152 Å². The molecule has 2 unspecified atom stereocenters. The summed E-state index contributed by atoms with van der Waals surface area (Å²) in [4.78, 5) is 69.0. The highest BCUT2D eigenvalue weighted by molar-refractivity contribution is 8.00. The van der Waals surface area contributed by atoms with Gasteiger partial charge in [0.1, 0.15) is 11.0 Å². The molecule has 0 bridgehead atoms. The number of morpholine rings is 1. The number of H-pyrrole nitrogens is 1. The summed E-state index contributed by atoms with van der Waals surface area (Å²) in [5.74, 6) is -2.67. The van der Waals surface area contributed by atoms with Gasteiger partial charge < -0.3 is 19.4 Å². The van der Waals surface area contributed by atoms with Gasteiger partial charge >= 0.3 is 4.87 Å². The number of halogens is 1. The minimum atomic E-state index is -0.933. The first-order valence-corrected chi connectivity index (χ1v) is 14.6. The molecule has 0 saturated carbocycles. The van der Waals surface area contributed by atoms with E-state index in [1.165, 1.54) is 24.3 Å². The number of benzene rings is 2. The maximum absolute atomic E-state index is 14.0. The molecule has 3 aromatic rings. The molecule has 6 rings (SSSR count). The minimum absolute atomic E-state index is 0.176. The van der Waals surface area contributed by atoms with E-state index in [4.69, 9.17) is 21.1 Å². The summed E-state index contributed by atoms with van der Waals surface area (Å²) in [6.07, 6.45) is 0. The van der Waals surface area contributed by atoms with Crippen molar-refractivity contribution in [3.63, 3.8) is 0 Å². The average Bonchev–Trinajstić information content (AvgIpc) is 3.46. The van der Waals surface area contributed by atoms with Gasteiger partial charge in [-0.15, -0.1) is 0 Å². The molecule has 41 heavy (non-hydrogen) atoms. The van der Waals surface area contributed by atoms with Crippen LogP contribution in [0.5, 0.6) is 5.75 Å². The molecule has 1 aromatic heterocycles. The molecule has 3 amide bonds. The number of non-ortho nitro benzene ring substituents is 1. The highest BCUT2D eigenvalue weighted by atomic mass is 35.5. The largest absolute Gasteiger partial charge is 0.483 e. The van der Waals surface area contributed by atoms with Crippen LogP contribution in [0.15, 0.2) is 52.3 Å². The molecule has 3 atom stereocenters. The summed E-state index contributed by atoms with van der Waals surface area (Å²) in [6.45, 7) is 1.53. The quantitative estimate of drug-likeness (QED) is 0.250. The maximum atomic E-state index is 14.0. The molecular formula is C26H21ClN4O8S2. The lowest BCUT2D eigenvalue weighted by Crippen LogP contribution is -2.43. The Hall–Kier alpha value is -3.72. The van der Waals surface area contributed by atoms with Crippen molar-refractivity contribution in [3.8, 4) is 5.75 Å². The monoisotopic (exact) mass is 616 g/mol. The number of nitrogens with one attached hydrogen (secondary N) is 1. The Morgan fingerprint density at radius 3 is 2.56 bits per heavy atom. The lowest BCUT2D eigenvalue weighted by atomic mass is 9.82. The van der Waals surface area contributed by atoms with E-state index in [2.05, 4.69) is 4.98 Å². The van der Waals surface area contributed by atoms with Crippen LogP contribution in [-0.2, 0) is 19.1 Å². The first-order chi connectivity index (χ1) is 19.7. The molecular weight excluding hydrogens is 596 g/mol. The predicted molar refractivity (Wildman–Crippen MR) is 150 cm³/mol. The molecule has 3 aliphatic rings. The Morgan fingerprint density at radius 2 is 1.85 bits per heavy atom. The number of nitro benzene ring substituents is 1. The Morgan fingerprint density at radius 1 is 1.12 bits per heavy atom. The molecule has 12 nitrogen and oxygen atoms in total. The van der Waals surface area contributed by atoms with E-state index in [9.17, 15) is 29.3 Å². The molecule has 0 spiro atoms. The third-order valence-corrected chi connectivity index (χ3v) is 9.80. The lowest BCUT2D eigenvalue weighted by molar-refractivity contribution is -0.384. The summed E-state index contributed by atoms with van der Waals surface area (Å²) in [5, 5.41) is 11.0. The van der Waals surface area contributed by atoms with Crippen molar-refractivity contribution in [3.05, 3.63) is 77.7 Å². The fourth-order valence-corrected chi connectivity index (χ4v) is 7.95. The van der Waals surface area contributed by atoms with Crippen molar-refractivity contribution in [2.45, 2.75) is 16.2 Å². The maximum Gasteiger partial charge on any atom is 0.305 e. The van der Waals surface area contributed by atoms with Gasteiger partial charge in [0.05, 0.1) is 34.8 Å². The fourth-order valence-electron chi connectivity index (χ4n) is 5.27. The van der Waals surface area contributed by atoms with Gasteiger partial charge in [-0.3, -0.25) is 29.3 Å². The van der Waals surface area contributed by atoms with Gasteiger partial charge in [-0.25, -0.2) is 4.90 Å². The molecule has 3 aliphatic heterocycles. The zero-order chi connectivity index (χ0) is 28.8. The van der Waals surface area contributed by atoms with Crippen molar-refractivity contribution in [1.82, 2.24) is 9.88 Å². The number of aromatic nitrogens is 1. The Bertz CT molecular complexity index is 1620. The number of fused-ring (bicyclic) bond motifs is 2. The summed E-state index contributed by atoms with van der Waals surface area (Å²) in [5.41, 5.74) is 0.491. The fraction of sp³-hybridized carbons (Fsp3) is 0.308. The van der Waals surface area contributed by atoms with Gasteiger partial charge in [0, 0.05) is 46.6 Å². The van der Waals surface area contributed by atoms with Crippen molar-refractivity contribution in [2.24, 2.45) is 5.92 Å². The van der Waals surface area contributed by atoms with Gasteiger partial charge in [-0.2, -0.15) is 0 Å². The summed E-state index contributed by atoms with van der Waals surface area (Å²) in [6, 6.07) is 9.98. The standard InChI is InChI=1S/C26H21ClN4O8S2/c27-13-1-6-17(39-12-18(32)29-7-9-38-10-8-29)16(11-13)19-20-22(40-23-21(19)41-26(35)28-23)25(34)30(24(20)33)14-2-4-15(5-3-14)31(36)37/h1-6,11,19-20,22H,7-10,12H2,(H,28,35)/t19-,20?,22?/m1/s1. The third kappa shape index (κ3) is 5.01. The van der Waals surface area contributed by atoms with Crippen molar-refractivity contribution in [1.29, 1.82) is 0 Å². The molecule has 2 fully saturated rings. The van der Waals surface area contributed by atoms with Gasteiger partial charge in [-0.05, 0) is 30.3 Å². The second-order valence-electron chi connectivity index (χ2n) is 9.50. The molecule has 212 valence electrons. The zero-order valence-corrected chi connectivity index (χ0v) is 23.5. The molecule has 0 aliphatic carbocycles. The smallest absolute Gasteiger partial charge is 0.305 e. The number of hydrogen-bond acceptors (Lipinski definition) is 10. The Balaban J connectivity index is 1.38. The number of thioether (sulfide) groups is 1. The first kappa shape index (κ1) is 27.4. The van der Waals surface area contributed by atoms with Crippen LogP contribution in [-0.4, -0.2) is 70.7 Å². The Labute approximate surface area is 245 Å². The van der Waals surface area contributed by atoms with E-state index < -0.39 is 33.8 Å². The summed E-state index contributed by atoms with van der Waals surface area (Å²) < 4.78 is 11.3. The van der Waals surface area contributed by atoms with Crippen LogP contribution in [0.1, 0.15) is 16.4 Å². The number of ether oxygens (including phenoxy) is 2. The molecule has 2 aromatic carbocycles. The van der Waals surface area contributed by atoms with Gasteiger partial charge in [0.2, 0.25) is 11.8 Å². The molecule has 2 saturated heterocycles. The van der Waals surface area contributed by atoms with Crippen LogP contribution in [0.4, 0.5) is 11.4 Å². The van der Waals surface area contributed by atoms with E-state index in [0.717, 1.165) is 28.0 Å². The number of thiazole rings is 1. The normalized spacial score (nSPS) is 21.9. The predicted octanol–water partition coefficient (Wildman–Crippen LogP) is 3.03. The molecule has 4 heterocycles. The molecule has 0 radical (unpaired) electrons. The molecule has 1 N–H and O–H groups in total. The zero-order valence-electron chi connectivity index (χ0n) is 21.1. The van der Waals surface area contributed by atoms with E-state index in [1.807, 2.05) is 0 Å². The van der Waals surface area contributed by atoms with Crippen LogP contribution in [0.25, 0.3) is 0 Å². The number of nitrogens with zero attached hydrogens (tertiary/aromatic N) is 3. The number of imide groups is 1. The summed E-state index contributed by atoms with van der Waals surface area (Å²) >= 11 is 8.43. The number of carbonyl (C=O) groups excluding carboxylic acids is 3. The number of carbonyl (C=O) groups is 3. The van der Waals surface area contributed by atoms with Gasteiger partial charge in [-0.1, -0.05) is 34.7 Å². The number of anilines is 1. The van der Waals surface area contributed by atoms with Crippen molar-refractivity contribution < 1.29 is 28.8 Å². The highest BCUT2D eigenvalue weighted by Gasteiger charge is 2.57. The van der Waals surface area contributed by atoms with Crippen molar-refractivity contribution in [2.75, 3.05) is 37.8 Å². The van der Waals surface area contributed by atoms with Gasteiger partial charge in [0.15, 0.2) is 6.61 Å². The number of aromatic amines is 1. The van der Waals surface area contributed by atoms with Crippen LogP contribution >= 0.6 is 34.7 Å². The number of hydrogen-bond donors (Lipinski definition) is 1. The lowest BCUT2D eigenvalue weighted by Gasteiger charge is -2.31. The second-order valence-corrected chi connectivity index (χ2v) is 12.1. The first-order valence-electron chi connectivity index (χ1n) is 12.5. The highest BCUT2D eigenvalue weighted by Crippen LogP contribution is 2.54. The van der Waals surface area contributed by atoms with Crippen LogP contribution in [0.2, 0.25) is 5.02 Å². The summed E-state index contributed by atoms with van der Waals surface area (Å²) in [7, 11) is 0. The minimum Gasteiger partial charge on any atom is -0.483 e. The average molecular weight is 617 g/mol. The van der Waals surface area contributed by atoms with Gasteiger partial charge in [0.25, 0.3) is 11.6 Å². The number of rotatable bonds is 6. The van der Waals surface area contributed by atoms with Crippen LogP contribution in [0, 0.1) is 16.0 Å². The number of amides is 3.